The molecular formula is C16H17NO3. The quantitative estimate of drug-likeness (QED) is 0.896. The summed E-state index contributed by atoms with van der Waals surface area (Å²) in [7, 11) is 0. The van der Waals surface area contributed by atoms with Gasteiger partial charge >= 0.3 is 0 Å². The standard InChI is InChI=1S/C16H17NO3/c1-3-20-15-10-5-4-7-12(15)16(19)17-13-8-6-9-14(18)11(13)2/h4-10,18H,3H2,1-2H3,(H,17,19). The van der Waals surface area contributed by atoms with E-state index in [0.29, 0.717) is 29.2 Å². The summed E-state index contributed by atoms with van der Waals surface area (Å²) >= 11 is 0. The van der Waals surface area contributed by atoms with Gasteiger partial charge in [0.1, 0.15) is 11.5 Å². The molecule has 104 valence electrons. The second-order valence-electron chi connectivity index (χ2n) is 4.33. The number of anilines is 1. The van der Waals surface area contributed by atoms with Crippen LogP contribution in [0.1, 0.15) is 22.8 Å². The molecule has 0 fully saturated rings. The lowest BCUT2D eigenvalue weighted by molar-refractivity contribution is 0.102. The van der Waals surface area contributed by atoms with Gasteiger partial charge in [-0.15, -0.1) is 0 Å². The highest BCUT2D eigenvalue weighted by Crippen LogP contribution is 2.25. The first kappa shape index (κ1) is 13.9. The van der Waals surface area contributed by atoms with Crippen molar-refractivity contribution in [3.8, 4) is 11.5 Å². The Morgan fingerprint density at radius 3 is 2.70 bits per heavy atom. The lowest BCUT2D eigenvalue weighted by Crippen LogP contribution is -2.14. The number of nitrogens with one attached hydrogen (secondary N) is 1. The van der Waals surface area contributed by atoms with E-state index in [1.54, 1.807) is 43.3 Å². The molecule has 0 aliphatic rings. The van der Waals surface area contributed by atoms with E-state index in [9.17, 15) is 9.90 Å². The van der Waals surface area contributed by atoms with Gasteiger partial charge in [-0.05, 0) is 38.1 Å². The minimum atomic E-state index is -0.261. The maximum Gasteiger partial charge on any atom is 0.259 e. The number of aromatic hydroxyl groups is 1. The van der Waals surface area contributed by atoms with Crippen LogP contribution in [0.15, 0.2) is 42.5 Å². The van der Waals surface area contributed by atoms with Crippen LogP contribution in [0.5, 0.6) is 11.5 Å². The molecule has 2 aromatic carbocycles. The SMILES string of the molecule is CCOc1ccccc1C(=O)Nc1cccc(O)c1C. The van der Waals surface area contributed by atoms with Crippen molar-refractivity contribution in [2.45, 2.75) is 13.8 Å². The summed E-state index contributed by atoms with van der Waals surface area (Å²) in [6.07, 6.45) is 0. The summed E-state index contributed by atoms with van der Waals surface area (Å²) in [6, 6.07) is 12.1. The monoisotopic (exact) mass is 271 g/mol. The van der Waals surface area contributed by atoms with Crippen molar-refractivity contribution in [2.75, 3.05) is 11.9 Å². The maximum absolute atomic E-state index is 12.3. The molecule has 4 heteroatoms. The second-order valence-corrected chi connectivity index (χ2v) is 4.33. The van der Waals surface area contributed by atoms with Crippen molar-refractivity contribution in [3.63, 3.8) is 0 Å². The molecule has 0 aliphatic carbocycles. The smallest absolute Gasteiger partial charge is 0.259 e. The fraction of sp³-hybridized carbons (Fsp3) is 0.188. The van der Waals surface area contributed by atoms with E-state index in [4.69, 9.17) is 4.74 Å². The van der Waals surface area contributed by atoms with E-state index in [1.807, 2.05) is 13.0 Å². The average molecular weight is 271 g/mol. The van der Waals surface area contributed by atoms with Crippen molar-refractivity contribution < 1.29 is 14.6 Å². The molecule has 0 bridgehead atoms. The van der Waals surface area contributed by atoms with Crippen LogP contribution in [0.4, 0.5) is 5.69 Å². The van der Waals surface area contributed by atoms with Gasteiger partial charge in [0, 0.05) is 11.3 Å². The highest BCUT2D eigenvalue weighted by molar-refractivity contribution is 6.06. The number of amides is 1. The third-order valence-corrected chi connectivity index (χ3v) is 2.98. The average Bonchev–Trinajstić information content (AvgIpc) is 2.45. The number of para-hydroxylation sites is 1. The Morgan fingerprint density at radius 2 is 1.95 bits per heavy atom. The zero-order valence-electron chi connectivity index (χ0n) is 11.5. The van der Waals surface area contributed by atoms with E-state index >= 15 is 0 Å². The summed E-state index contributed by atoms with van der Waals surface area (Å²) < 4.78 is 5.44. The van der Waals surface area contributed by atoms with Gasteiger partial charge in [-0.25, -0.2) is 0 Å². The second kappa shape index (κ2) is 6.10. The molecule has 0 saturated carbocycles. The Kier molecular flexibility index (Phi) is 4.25. The molecular weight excluding hydrogens is 254 g/mol. The summed E-state index contributed by atoms with van der Waals surface area (Å²) in [5, 5.41) is 12.4. The highest BCUT2D eigenvalue weighted by atomic mass is 16.5. The number of carbonyl (C=O) groups excluding carboxylic acids is 1. The number of rotatable bonds is 4. The van der Waals surface area contributed by atoms with Crippen molar-refractivity contribution in [1.82, 2.24) is 0 Å². The molecule has 0 unspecified atom stereocenters. The number of hydrogen-bond donors (Lipinski definition) is 2. The zero-order valence-corrected chi connectivity index (χ0v) is 11.5. The summed E-state index contributed by atoms with van der Waals surface area (Å²) in [5.41, 5.74) is 1.69. The maximum atomic E-state index is 12.3. The van der Waals surface area contributed by atoms with Gasteiger partial charge in [0.2, 0.25) is 0 Å². The van der Waals surface area contributed by atoms with Crippen LogP contribution in [-0.2, 0) is 0 Å². The Balaban J connectivity index is 2.26. The van der Waals surface area contributed by atoms with Gasteiger partial charge in [0.05, 0.1) is 12.2 Å². The fourth-order valence-electron chi connectivity index (χ4n) is 1.88. The van der Waals surface area contributed by atoms with Crippen molar-refractivity contribution in [2.24, 2.45) is 0 Å². The molecule has 0 saturated heterocycles. The van der Waals surface area contributed by atoms with Crippen molar-refractivity contribution >= 4 is 11.6 Å². The molecule has 1 amide bonds. The number of hydrogen-bond acceptors (Lipinski definition) is 3. The minimum Gasteiger partial charge on any atom is -0.508 e. The molecule has 0 heterocycles. The number of ether oxygens (including phenoxy) is 1. The molecule has 20 heavy (non-hydrogen) atoms. The Hall–Kier alpha value is -2.49. The predicted octanol–water partition coefficient (Wildman–Crippen LogP) is 3.35. The molecule has 2 aromatic rings. The Morgan fingerprint density at radius 1 is 1.20 bits per heavy atom. The number of benzene rings is 2. The molecule has 0 atom stereocenters. The Labute approximate surface area is 118 Å². The molecule has 0 spiro atoms. The summed E-state index contributed by atoms with van der Waals surface area (Å²) in [5.74, 6) is 0.439. The van der Waals surface area contributed by atoms with Crippen LogP contribution in [-0.4, -0.2) is 17.6 Å². The van der Waals surface area contributed by atoms with Crippen LogP contribution >= 0.6 is 0 Å². The first-order chi connectivity index (χ1) is 9.63. The lowest BCUT2D eigenvalue weighted by atomic mass is 10.1. The van der Waals surface area contributed by atoms with Gasteiger partial charge in [0.15, 0.2) is 0 Å². The first-order valence-corrected chi connectivity index (χ1v) is 6.45. The molecule has 0 aromatic heterocycles. The third-order valence-electron chi connectivity index (χ3n) is 2.98. The fourth-order valence-corrected chi connectivity index (χ4v) is 1.88. The lowest BCUT2D eigenvalue weighted by Gasteiger charge is -2.12. The minimum absolute atomic E-state index is 0.154. The number of phenolic OH excluding ortho intramolecular Hbond substituents is 1. The van der Waals surface area contributed by atoms with Gasteiger partial charge in [0.25, 0.3) is 5.91 Å². The molecule has 2 N–H and O–H groups in total. The van der Waals surface area contributed by atoms with Crippen LogP contribution in [0.3, 0.4) is 0 Å². The summed E-state index contributed by atoms with van der Waals surface area (Å²) in [6.45, 7) is 4.11. The molecule has 4 nitrogen and oxygen atoms in total. The van der Waals surface area contributed by atoms with Crippen molar-refractivity contribution in [3.05, 3.63) is 53.6 Å². The normalized spacial score (nSPS) is 10.1. The van der Waals surface area contributed by atoms with Crippen LogP contribution < -0.4 is 10.1 Å². The largest absolute Gasteiger partial charge is 0.508 e. The van der Waals surface area contributed by atoms with Crippen LogP contribution in [0, 0.1) is 6.92 Å². The number of carbonyl (C=O) groups is 1. The zero-order chi connectivity index (χ0) is 14.5. The van der Waals surface area contributed by atoms with Crippen molar-refractivity contribution in [1.29, 1.82) is 0 Å². The third kappa shape index (κ3) is 2.91. The van der Waals surface area contributed by atoms with Gasteiger partial charge in [-0.2, -0.15) is 0 Å². The van der Waals surface area contributed by atoms with Gasteiger partial charge < -0.3 is 15.2 Å². The predicted molar refractivity (Wildman–Crippen MR) is 78.4 cm³/mol. The van der Waals surface area contributed by atoms with Crippen LogP contribution in [0.25, 0.3) is 0 Å². The van der Waals surface area contributed by atoms with E-state index in [1.165, 1.54) is 0 Å². The highest BCUT2D eigenvalue weighted by Gasteiger charge is 2.13. The van der Waals surface area contributed by atoms with E-state index in [0.717, 1.165) is 0 Å². The molecule has 2 rings (SSSR count). The van der Waals surface area contributed by atoms with Gasteiger partial charge in [-0.1, -0.05) is 18.2 Å². The van der Waals surface area contributed by atoms with E-state index in [-0.39, 0.29) is 11.7 Å². The summed E-state index contributed by atoms with van der Waals surface area (Å²) in [4.78, 5) is 12.3. The number of phenols is 1. The van der Waals surface area contributed by atoms with Crippen LogP contribution in [0.2, 0.25) is 0 Å². The topological polar surface area (TPSA) is 58.6 Å². The van der Waals surface area contributed by atoms with Gasteiger partial charge in [-0.3, -0.25) is 4.79 Å². The first-order valence-electron chi connectivity index (χ1n) is 6.45. The Bertz CT molecular complexity index is 623. The van der Waals surface area contributed by atoms with E-state index in [2.05, 4.69) is 5.32 Å². The van der Waals surface area contributed by atoms with E-state index < -0.39 is 0 Å². The molecule has 0 aliphatic heterocycles. The molecule has 0 radical (unpaired) electrons.